The van der Waals surface area contributed by atoms with Crippen molar-refractivity contribution in [3.63, 3.8) is 0 Å². The highest BCUT2D eigenvalue weighted by Gasteiger charge is 2.18. The second kappa shape index (κ2) is 11.2. The Morgan fingerprint density at radius 2 is 1.82 bits per heavy atom. The van der Waals surface area contributed by atoms with E-state index in [1.807, 2.05) is 6.07 Å². The molecular formula is C25H22ClFN4O2. The van der Waals surface area contributed by atoms with Crippen LogP contribution in [0.15, 0.2) is 66.7 Å². The number of hydrogen-bond donors (Lipinski definition) is 2. The highest BCUT2D eigenvalue weighted by Crippen LogP contribution is 2.24. The summed E-state index contributed by atoms with van der Waals surface area (Å²) in [6, 6.07) is 18.7. The van der Waals surface area contributed by atoms with Crippen molar-refractivity contribution >= 4 is 29.1 Å². The quantitative estimate of drug-likeness (QED) is 0.509. The third-order valence-electron chi connectivity index (χ3n) is 4.93. The summed E-state index contributed by atoms with van der Waals surface area (Å²) in [4.78, 5) is 27.2. The van der Waals surface area contributed by atoms with E-state index in [0.717, 1.165) is 6.07 Å². The van der Waals surface area contributed by atoms with Crippen LogP contribution >= 0.6 is 11.6 Å². The van der Waals surface area contributed by atoms with Gasteiger partial charge in [-0.3, -0.25) is 9.59 Å². The van der Waals surface area contributed by atoms with Crippen molar-refractivity contribution in [2.24, 2.45) is 5.73 Å². The van der Waals surface area contributed by atoms with E-state index in [2.05, 4.69) is 5.32 Å². The molecule has 0 bridgehead atoms. The Hall–Kier alpha value is -3.73. The lowest BCUT2D eigenvalue weighted by Gasteiger charge is -2.24. The van der Waals surface area contributed by atoms with Crippen LogP contribution in [0.1, 0.15) is 38.3 Å². The van der Waals surface area contributed by atoms with Crippen LogP contribution in [0, 0.1) is 17.1 Å². The molecule has 0 atom stereocenters. The van der Waals surface area contributed by atoms with Crippen LogP contribution in [0.4, 0.5) is 10.1 Å². The van der Waals surface area contributed by atoms with Gasteiger partial charge in [0.15, 0.2) is 0 Å². The van der Waals surface area contributed by atoms with Crippen molar-refractivity contribution < 1.29 is 14.0 Å². The van der Waals surface area contributed by atoms with Gasteiger partial charge >= 0.3 is 0 Å². The lowest BCUT2D eigenvalue weighted by molar-refractivity contribution is 0.0742. The first-order valence-electron chi connectivity index (χ1n) is 10.3. The zero-order valence-electron chi connectivity index (χ0n) is 17.7. The molecule has 0 aliphatic heterocycles. The number of anilines is 1. The molecule has 8 heteroatoms. The van der Waals surface area contributed by atoms with Gasteiger partial charge in [-0.1, -0.05) is 17.7 Å². The van der Waals surface area contributed by atoms with Gasteiger partial charge in [0, 0.05) is 34.9 Å². The topological polar surface area (TPSA) is 99.2 Å². The minimum Gasteiger partial charge on any atom is -0.334 e. The molecule has 0 spiro atoms. The van der Waals surface area contributed by atoms with Gasteiger partial charge < -0.3 is 16.0 Å². The molecule has 0 unspecified atom stereocenters. The number of nitriles is 1. The van der Waals surface area contributed by atoms with E-state index >= 15 is 0 Å². The van der Waals surface area contributed by atoms with Gasteiger partial charge in [0.25, 0.3) is 11.8 Å². The first-order chi connectivity index (χ1) is 15.9. The Morgan fingerprint density at radius 1 is 1.06 bits per heavy atom. The summed E-state index contributed by atoms with van der Waals surface area (Å²) in [5, 5.41) is 12.1. The van der Waals surface area contributed by atoms with Gasteiger partial charge in [0.05, 0.1) is 11.6 Å². The maximum Gasteiger partial charge on any atom is 0.255 e. The minimum absolute atomic E-state index is 0.187. The smallest absolute Gasteiger partial charge is 0.255 e. The predicted octanol–water partition coefficient (Wildman–Crippen LogP) is 4.59. The largest absolute Gasteiger partial charge is 0.334 e. The number of nitrogens with two attached hydrogens (primary N) is 1. The van der Waals surface area contributed by atoms with Crippen LogP contribution in [0.2, 0.25) is 5.02 Å². The minimum atomic E-state index is -0.503. The molecule has 2 amide bonds. The van der Waals surface area contributed by atoms with Gasteiger partial charge in [-0.15, -0.1) is 0 Å². The number of halogens is 2. The van der Waals surface area contributed by atoms with E-state index in [4.69, 9.17) is 22.6 Å². The van der Waals surface area contributed by atoms with Crippen LogP contribution in [0.5, 0.6) is 0 Å². The molecule has 0 saturated heterocycles. The number of nitrogens with zero attached hydrogens (tertiary/aromatic N) is 2. The number of amides is 2. The first kappa shape index (κ1) is 23.9. The van der Waals surface area contributed by atoms with E-state index in [-0.39, 0.29) is 18.0 Å². The van der Waals surface area contributed by atoms with Crippen LogP contribution in [-0.2, 0) is 6.54 Å². The fourth-order valence-corrected chi connectivity index (χ4v) is 3.39. The number of benzene rings is 3. The van der Waals surface area contributed by atoms with E-state index in [0.29, 0.717) is 46.9 Å². The molecule has 0 aliphatic rings. The lowest BCUT2D eigenvalue weighted by atomic mass is 10.1. The number of rotatable bonds is 8. The molecular weight excluding hydrogens is 443 g/mol. The summed E-state index contributed by atoms with van der Waals surface area (Å²) in [7, 11) is 0. The van der Waals surface area contributed by atoms with E-state index in [1.165, 1.54) is 18.2 Å². The SMILES string of the molecule is N#Cc1ccc(C(=O)N(CCCN)Cc2cc(NC(=O)c3cccc(F)c3)ccc2Cl)cc1. The number of nitrogens with one attached hydrogen (secondary N) is 1. The van der Waals surface area contributed by atoms with Gasteiger partial charge in [-0.2, -0.15) is 5.26 Å². The molecule has 3 rings (SSSR count). The second-order valence-corrected chi connectivity index (χ2v) is 7.74. The summed E-state index contributed by atoms with van der Waals surface area (Å²) >= 11 is 6.38. The molecule has 3 aromatic rings. The Morgan fingerprint density at radius 3 is 2.48 bits per heavy atom. The Kier molecular flexibility index (Phi) is 8.14. The number of carbonyl (C=O) groups is 2. The predicted molar refractivity (Wildman–Crippen MR) is 125 cm³/mol. The Labute approximate surface area is 196 Å². The van der Waals surface area contributed by atoms with Crippen molar-refractivity contribution in [2.45, 2.75) is 13.0 Å². The van der Waals surface area contributed by atoms with E-state index in [1.54, 1.807) is 47.4 Å². The zero-order valence-corrected chi connectivity index (χ0v) is 18.5. The van der Waals surface area contributed by atoms with Crippen LogP contribution in [0.25, 0.3) is 0 Å². The van der Waals surface area contributed by atoms with Crippen molar-refractivity contribution in [2.75, 3.05) is 18.4 Å². The summed E-state index contributed by atoms with van der Waals surface area (Å²) in [6.07, 6.45) is 0.593. The number of carbonyl (C=O) groups excluding carboxylic acids is 2. The molecule has 0 heterocycles. The summed E-state index contributed by atoms with van der Waals surface area (Å²) in [5.74, 6) is -1.19. The highest BCUT2D eigenvalue weighted by molar-refractivity contribution is 6.31. The van der Waals surface area contributed by atoms with E-state index in [9.17, 15) is 14.0 Å². The maximum absolute atomic E-state index is 13.4. The van der Waals surface area contributed by atoms with Crippen molar-refractivity contribution in [1.29, 1.82) is 5.26 Å². The Balaban J connectivity index is 1.81. The molecule has 33 heavy (non-hydrogen) atoms. The van der Waals surface area contributed by atoms with E-state index < -0.39 is 11.7 Å². The fourth-order valence-electron chi connectivity index (χ4n) is 3.22. The molecule has 3 aromatic carbocycles. The van der Waals surface area contributed by atoms with Crippen molar-refractivity contribution in [3.05, 3.63) is 99.8 Å². The summed E-state index contributed by atoms with van der Waals surface area (Å²) < 4.78 is 13.4. The standard InChI is InChI=1S/C25H22ClFN4O2/c26-23-10-9-22(30-24(32)19-3-1-4-21(27)13-19)14-20(23)16-31(12-2-11-28)25(33)18-7-5-17(15-29)6-8-18/h1,3-10,13-14H,2,11-12,16,28H2,(H,30,32). The normalized spacial score (nSPS) is 10.4. The summed E-state index contributed by atoms with van der Waals surface area (Å²) in [5.41, 5.74) is 7.84. The highest BCUT2D eigenvalue weighted by atomic mass is 35.5. The molecule has 0 saturated carbocycles. The molecule has 0 radical (unpaired) electrons. The second-order valence-electron chi connectivity index (χ2n) is 7.33. The van der Waals surface area contributed by atoms with Crippen LogP contribution in [0.3, 0.4) is 0 Å². The van der Waals surface area contributed by atoms with Crippen molar-refractivity contribution in [3.8, 4) is 6.07 Å². The third kappa shape index (κ3) is 6.39. The zero-order chi connectivity index (χ0) is 23.8. The molecule has 0 aromatic heterocycles. The van der Waals surface area contributed by atoms with Gasteiger partial charge in [-0.05, 0) is 79.2 Å². The average molecular weight is 465 g/mol. The van der Waals surface area contributed by atoms with Crippen molar-refractivity contribution in [1.82, 2.24) is 4.90 Å². The molecule has 6 nitrogen and oxygen atoms in total. The van der Waals surface area contributed by atoms with Gasteiger partial charge in [-0.25, -0.2) is 4.39 Å². The van der Waals surface area contributed by atoms with Gasteiger partial charge in [0.2, 0.25) is 0 Å². The first-order valence-corrected chi connectivity index (χ1v) is 10.6. The third-order valence-corrected chi connectivity index (χ3v) is 5.30. The lowest BCUT2D eigenvalue weighted by Crippen LogP contribution is -2.32. The Bertz CT molecular complexity index is 1190. The molecule has 0 aliphatic carbocycles. The molecule has 168 valence electrons. The monoisotopic (exact) mass is 464 g/mol. The molecule has 0 fully saturated rings. The van der Waals surface area contributed by atoms with Crippen LogP contribution < -0.4 is 11.1 Å². The maximum atomic E-state index is 13.4. The summed E-state index contributed by atoms with van der Waals surface area (Å²) in [6.45, 7) is 1.02. The number of hydrogen-bond acceptors (Lipinski definition) is 4. The fraction of sp³-hybridized carbons (Fsp3) is 0.160. The molecule has 3 N–H and O–H groups in total. The van der Waals surface area contributed by atoms with Gasteiger partial charge in [0.1, 0.15) is 5.82 Å². The average Bonchev–Trinajstić information content (AvgIpc) is 2.83. The van der Waals surface area contributed by atoms with Crippen LogP contribution in [-0.4, -0.2) is 29.8 Å².